The molecule has 0 radical (unpaired) electrons. The van der Waals surface area contributed by atoms with Crippen LogP contribution in [0.4, 0.5) is 4.39 Å². The van der Waals surface area contributed by atoms with Crippen LogP contribution < -0.4 is 0 Å². The van der Waals surface area contributed by atoms with Crippen molar-refractivity contribution in [2.24, 2.45) is 5.41 Å². The third kappa shape index (κ3) is 3.35. The molecule has 104 valence electrons. The molecule has 19 heavy (non-hydrogen) atoms. The fourth-order valence-corrected chi connectivity index (χ4v) is 3.39. The maximum Gasteiger partial charge on any atom is 0.309 e. The standard InChI is InChI=1S/C15H18BrFO2/c16-13-9-12(17)6-5-11(13)10-15(14(18)19)7-3-1-2-4-8-15/h5-6,9H,1-4,7-8,10H2,(H,18,19). The minimum absolute atomic E-state index is 0.305. The molecule has 0 bridgehead atoms. The smallest absolute Gasteiger partial charge is 0.309 e. The van der Waals surface area contributed by atoms with Crippen LogP contribution in [0.1, 0.15) is 44.1 Å². The molecule has 0 aliphatic heterocycles. The van der Waals surface area contributed by atoms with Crippen molar-refractivity contribution in [2.45, 2.75) is 44.9 Å². The van der Waals surface area contributed by atoms with Crippen LogP contribution in [0.3, 0.4) is 0 Å². The monoisotopic (exact) mass is 328 g/mol. The van der Waals surface area contributed by atoms with Gasteiger partial charge in [0.25, 0.3) is 0 Å². The van der Waals surface area contributed by atoms with Gasteiger partial charge in [-0.15, -0.1) is 0 Å². The Morgan fingerprint density at radius 1 is 1.26 bits per heavy atom. The average molecular weight is 329 g/mol. The molecule has 1 fully saturated rings. The first kappa shape index (κ1) is 14.5. The molecule has 1 saturated carbocycles. The van der Waals surface area contributed by atoms with Gasteiger partial charge < -0.3 is 5.11 Å². The largest absolute Gasteiger partial charge is 0.481 e. The highest BCUT2D eigenvalue weighted by atomic mass is 79.9. The van der Waals surface area contributed by atoms with Crippen LogP contribution in [0.2, 0.25) is 0 Å². The van der Waals surface area contributed by atoms with Crippen molar-refractivity contribution < 1.29 is 14.3 Å². The summed E-state index contributed by atoms with van der Waals surface area (Å²) in [4.78, 5) is 11.7. The molecule has 0 unspecified atom stereocenters. The van der Waals surface area contributed by atoms with Gasteiger partial charge in [0.05, 0.1) is 5.41 Å². The van der Waals surface area contributed by atoms with Crippen molar-refractivity contribution in [1.82, 2.24) is 0 Å². The minimum atomic E-state index is -0.717. The number of aliphatic carboxylic acids is 1. The van der Waals surface area contributed by atoms with Crippen LogP contribution in [-0.4, -0.2) is 11.1 Å². The normalized spacial score (nSPS) is 18.8. The van der Waals surface area contributed by atoms with Crippen molar-refractivity contribution in [3.05, 3.63) is 34.1 Å². The molecule has 1 aromatic rings. The molecule has 0 spiro atoms. The second kappa shape index (κ2) is 6.04. The number of carboxylic acids is 1. The lowest BCUT2D eigenvalue weighted by atomic mass is 9.75. The second-order valence-corrected chi connectivity index (χ2v) is 6.27. The molecule has 0 atom stereocenters. The van der Waals surface area contributed by atoms with E-state index in [0.29, 0.717) is 23.7 Å². The lowest BCUT2D eigenvalue weighted by Gasteiger charge is -2.28. The first-order chi connectivity index (χ1) is 9.03. The number of benzene rings is 1. The zero-order valence-electron chi connectivity index (χ0n) is 10.8. The molecular weight excluding hydrogens is 311 g/mol. The Hall–Kier alpha value is -0.900. The topological polar surface area (TPSA) is 37.3 Å². The number of halogens is 2. The third-order valence-corrected chi connectivity index (χ3v) is 4.80. The minimum Gasteiger partial charge on any atom is -0.481 e. The average Bonchev–Trinajstić information content (AvgIpc) is 2.59. The van der Waals surface area contributed by atoms with Crippen molar-refractivity contribution in [3.8, 4) is 0 Å². The number of rotatable bonds is 3. The maximum atomic E-state index is 13.1. The first-order valence-corrected chi connectivity index (χ1v) is 7.50. The van der Waals surface area contributed by atoms with Gasteiger partial charge in [-0.05, 0) is 37.0 Å². The first-order valence-electron chi connectivity index (χ1n) is 6.71. The van der Waals surface area contributed by atoms with E-state index in [4.69, 9.17) is 0 Å². The highest BCUT2D eigenvalue weighted by Gasteiger charge is 2.39. The van der Waals surface area contributed by atoms with Gasteiger partial charge in [0, 0.05) is 4.47 Å². The predicted molar refractivity (Wildman–Crippen MR) is 75.6 cm³/mol. The molecule has 2 nitrogen and oxygen atoms in total. The van der Waals surface area contributed by atoms with Crippen LogP contribution in [-0.2, 0) is 11.2 Å². The molecule has 1 N–H and O–H groups in total. The van der Waals surface area contributed by atoms with E-state index in [1.807, 2.05) is 0 Å². The molecule has 0 heterocycles. The highest BCUT2D eigenvalue weighted by molar-refractivity contribution is 9.10. The Balaban J connectivity index is 2.27. The Kier molecular flexibility index (Phi) is 4.61. The van der Waals surface area contributed by atoms with Gasteiger partial charge in [-0.2, -0.15) is 0 Å². The van der Waals surface area contributed by atoms with Crippen molar-refractivity contribution >= 4 is 21.9 Å². The molecule has 1 aromatic carbocycles. The van der Waals surface area contributed by atoms with E-state index in [9.17, 15) is 14.3 Å². The van der Waals surface area contributed by atoms with Crippen LogP contribution >= 0.6 is 15.9 Å². The zero-order valence-corrected chi connectivity index (χ0v) is 12.4. The van der Waals surface area contributed by atoms with Crippen molar-refractivity contribution in [2.75, 3.05) is 0 Å². The molecule has 1 aliphatic carbocycles. The number of carbonyl (C=O) groups is 1. The van der Waals surface area contributed by atoms with E-state index in [-0.39, 0.29) is 5.82 Å². The molecule has 0 aromatic heterocycles. The Morgan fingerprint density at radius 2 is 1.89 bits per heavy atom. The maximum absolute atomic E-state index is 13.1. The molecular formula is C15H18BrFO2. The van der Waals surface area contributed by atoms with Crippen molar-refractivity contribution in [1.29, 1.82) is 0 Å². The summed E-state index contributed by atoms with van der Waals surface area (Å²) in [6.07, 6.45) is 6.05. The summed E-state index contributed by atoms with van der Waals surface area (Å²) in [5, 5.41) is 9.63. The van der Waals surface area contributed by atoms with Gasteiger partial charge in [0.1, 0.15) is 5.82 Å². The van der Waals surface area contributed by atoms with Crippen LogP contribution in [0.5, 0.6) is 0 Å². The predicted octanol–water partition coefficient (Wildman–Crippen LogP) is 4.56. The third-order valence-electron chi connectivity index (χ3n) is 4.06. The highest BCUT2D eigenvalue weighted by Crippen LogP contribution is 2.39. The van der Waals surface area contributed by atoms with Crippen molar-refractivity contribution in [3.63, 3.8) is 0 Å². The quantitative estimate of drug-likeness (QED) is 0.826. The summed E-state index contributed by atoms with van der Waals surface area (Å²) in [6.45, 7) is 0. The lowest BCUT2D eigenvalue weighted by Crippen LogP contribution is -2.33. The molecule has 0 amide bonds. The molecule has 4 heteroatoms. The molecule has 0 saturated heterocycles. The molecule has 1 aliphatic rings. The lowest BCUT2D eigenvalue weighted by molar-refractivity contribution is -0.149. The second-order valence-electron chi connectivity index (χ2n) is 5.41. The van der Waals surface area contributed by atoms with Gasteiger partial charge in [-0.1, -0.05) is 47.7 Å². The van der Waals surface area contributed by atoms with Gasteiger partial charge in [-0.3, -0.25) is 4.79 Å². The fraction of sp³-hybridized carbons (Fsp3) is 0.533. The number of hydrogen-bond donors (Lipinski definition) is 1. The zero-order chi connectivity index (χ0) is 13.9. The SMILES string of the molecule is O=C(O)C1(Cc2ccc(F)cc2Br)CCCCCC1. The van der Waals surface area contributed by atoms with E-state index in [0.717, 1.165) is 31.2 Å². The van der Waals surface area contributed by atoms with E-state index >= 15 is 0 Å². The van der Waals surface area contributed by atoms with E-state index in [2.05, 4.69) is 15.9 Å². The molecule has 2 rings (SSSR count). The Morgan fingerprint density at radius 3 is 2.42 bits per heavy atom. The van der Waals surface area contributed by atoms with E-state index in [1.54, 1.807) is 6.07 Å². The van der Waals surface area contributed by atoms with Gasteiger partial charge >= 0.3 is 5.97 Å². The van der Waals surface area contributed by atoms with Crippen LogP contribution in [0.15, 0.2) is 22.7 Å². The van der Waals surface area contributed by atoms with Gasteiger partial charge in [-0.25, -0.2) is 4.39 Å². The van der Waals surface area contributed by atoms with Crippen LogP contribution in [0.25, 0.3) is 0 Å². The Bertz CT molecular complexity index is 465. The number of carboxylic acid groups (broad SMARTS) is 1. The van der Waals surface area contributed by atoms with Gasteiger partial charge in [0.15, 0.2) is 0 Å². The fourth-order valence-electron chi connectivity index (χ4n) is 2.90. The summed E-state index contributed by atoms with van der Waals surface area (Å²) in [6, 6.07) is 4.49. The van der Waals surface area contributed by atoms with E-state index in [1.165, 1.54) is 12.1 Å². The summed E-state index contributed by atoms with van der Waals surface area (Å²) < 4.78 is 13.8. The van der Waals surface area contributed by atoms with E-state index < -0.39 is 11.4 Å². The Labute approximate surface area is 121 Å². The number of hydrogen-bond acceptors (Lipinski definition) is 1. The van der Waals surface area contributed by atoms with Crippen LogP contribution in [0, 0.1) is 11.2 Å². The van der Waals surface area contributed by atoms with Gasteiger partial charge in [0.2, 0.25) is 0 Å². The summed E-state index contributed by atoms with van der Waals surface area (Å²) in [7, 11) is 0. The summed E-state index contributed by atoms with van der Waals surface area (Å²) >= 11 is 3.33. The summed E-state index contributed by atoms with van der Waals surface area (Å²) in [5.74, 6) is -1.02. The summed E-state index contributed by atoms with van der Waals surface area (Å²) in [5.41, 5.74) is 0.197.